The molecule has 1 aromatic rings. The van der Waals surface area contributed by atoms with Crippen LogP contribution in [0, 0.1) is 5.92 Å². The van der Waals surface area contributed by atoms with Crippen LogP contribution in [0.1, 0.15) is 58.9 Å². The zero-order valence-corrected chi connectivity index (χ0v) is 38.5. The van der Waals surface area contributed by atoms with Gasteiger partial charge in [-0.2, -0.15) is 0 Å². The van der Waals surface area contributed by atoms with Crippen molar-refractivity contribution in [3.05, 3.63) is 29.8 Å². The summed E-state index contributed by atoms with van der Waals surface area (Å²) in [5.74, 6) is -13.1. The Balaban J connectivity index is 3.16. The second kappa shape index (κ2) is 30.4. The number of nitrogens with two attached hydrogens (primary N) is 2. The standard InChI is InChI=1S/C41H65N11O17/c1-19(2)33(41(69)48-24(7-5-6-12-42)35(63)45-16-31(60)61)52-39(67)28(18-54)50-38(66)26(14-30(58)59)49-34(62)20(3)46-37(65)25(13-22-8-10-23(56)11-9-22)47-29(57)15-44-36(64)27(17-53)51-40(68)32(43)21(4)55/h8-11,19-21,24-28,32-33,53-56H,5-7,12-18,42-43H2,1-4H3,(H,44,64)(H,45,63)(H,46,65)(H,47,57)(H,48,69)(H,49,62)(H,50,66)(H,51,68)(H,52,67)(H,58,59)(H,60,61)/t20-,21+,24-,25-,26-,27-,28-,32-,33-/m0/s1. The van der Waals surface area contributed by atoms with E-state index in [0.29, 0.717) is 18.4 Å². The molecule has 0 radical (unpaired) electrons. The number of benzene rings is 1. The third-order valence-electron chi connectivity index (χ3n) is 9.91. The van der Waals surface area contributed by atoms with Crippen molar-refractivity contribution in [1.29, 1.82) is 0 Å². The molecule has 386 valence electrons. The number of aliphatic carboxylic acids is 2. The molecule has 9 amide bonds. The third-order valence-corrected chi connectivity index (χ3v) is 9.91. The van der Waals surface area contributed by atoms with E-state index < -0.39 is 158 Å². The summed E-state index contributed by atoms with van der Waals surface area (Å²) in [5.41, 5.74) is 11.4. The van der Waals surface area contributed by atoms with Gasteiger partial charge in [0.15, 0.2) is 0 Å². The molecular weight excluding hydrogens is 919 g/mol. The fourth-order valence-corrected chi connectivity index (χ4v) is 5.92. The molecule has 0 aliphatic carbocycles. The first-order valence-corrected chi connectivity index (χ1v) is 21.6. The van der Waals surface area contributed by atoms with Gasteiger partial charge in [-0.25, -0.2) is 0 Å². The van der Waals surface area contributed by atoms with E-state index >= 15 is 0 Å². The normalized spacial score (nSPS) is 14.9. The fourth-order valence-electron chi connectivity index (χ4n) is 5.92. The second-order valence-corrected chi connectivity index (χ2v) is 16.0. The lowest BCUT2D eigenvalue weighted by molar-refractivity contribution is -0.142. The maximum atomic E-state index is 13.6. The Labute approximate surface area is 395 Å². The van der Waals surface area contributed by atoms with Crippen LogP contribution in [-0.2, 0) is 59.2 Å². The molecule has 1 rings (SSSR count). The molecule has 0 spiro atoms. The first kappa shape index (κ1) is 60.0. The van der Waals surface area contributed by atoms with Gasteiger partial charge in [0, 0.05) is 6.42 Å². The number of hydrogen-bond acceptors (Lipinski definition) is 17. The summed E-state index contributed by atoms with van der Waals surface area (Å²) in [6.07, 6.45) is -1.76. The van der Waals surface area contributed by atoms with Crippen LogP contribution >= 0.6 is 0 Å². The number of aliphatic hydroxyl groups is 3. The van der Waals surface area contributed by atoms with Crippen LogP contribution in [0.3, 0.4) is 0 Å². The second-order valence-electron chi connectivity index (χ2n) is 16.0. The van der Waals surface area contributed by atoms with Crippen molar-refractivity contribution in [2.45, 2.75) is 114 Å². The number of aromatic hydroxyl groups is 1. The fraction of sp³-hybridized carbons (Fsp3) is 0.585. The Morgan fingerprint density at radius 3 is 1.61 bits per heavy atom. The maximum absolute atomic E-state index is 13.6. The number of nitrogens with one attached hydrogen (secondary N) is 9. The van der Waals surface area contributed by atoms with Gasteiger partial charge in [-0.1, -0.05) is 26.0 Å². The lowest BCUT2D eigenvalue weighted by Crippen LogP contribution is -2.61. The molecule has 9 atom stereocenters. The monoisotopic (exact) mass is 983 g/mol. The summed E-state index contributed by atoms with van der Waals surface area (Å²) in [7, 11) is 0. The van der Waals surface area contributed by atoms with Crippen molar-refractivity contribution in [2.75, 3.05) is 32.8 Å². The van der Waals surface area contributed by atoms with Gasteiger partial charge in [0.25, 0.3) is 0 Å². The number of amides is 9. The van der Waals surface area contributed by atoms with E-state index in [1.54, 1.807) is 0 Å². The van der Waals surface area contributed by atoms with Gasteiger partial charge in [0.05, 0.1) is 32.3 Å². The van der Waals surface area contributed by atoms with Crippen LogP contribution in [0.15, 0.2) is 24.3 Å². The molecule has 0 heterocycles. The van der Waals surface area contributed by atoms with E-state index in [9.17, 15) is 78.3 Å². The van der Waals surface area contributed by atoms with Gasteiger partial charge < -0.3 is 90.0 Å². The van der Waals surface area contributed by atoms with Gasteiger partial charge in [-0.3, -0.25) is 52.7 Å². The van der Waals surface area contributed by atoms with Crippen molar-refractivity contribution in [3.8, 4) is 5.75 Å². The Morgan fingerprint density at radius 1 is 0.565 bits per heavy atom. The molecule has 0 saturated carbocycles. The van der Waals surface area contributed by atoms with Gasteiger partial charge >= 0.3 is 11.9 Å². The Morgan fingerprint density at radius 2 is 1.07 bits per heavy atom. The number of carboxylic acid groups (broad SMARTS) is 2. The topological polar surface area (TPSA) is 469 Å². The number of unbranched alkanes of at least 4 members (excludes halogenated alkanes) is 1. The summed E-state index contributed by atoms with van der Waals surface area (Å²) in [6, 6.07) is -7.12. The Kier molecular flexibility index (Phi) is 26.4. The minimum atomic E-state index is -1.94. The Bertz CT molecular complexity index is 1950. The number of hydrogen-bond donors (Lipinski definition) is 17. The van der Waals surface area contributed by atoms with E-state index in [4.69, 9.17) is 16.6 Å². The molecule has 0 fully saturated rings. The summed E-state index contributed by atoms with van der Waals surface area (Å²) in [4.78, 5) is 140. The lowest BCUT2D eigenvalue weighted by Gasteiger charge is -2.27. The molecule has 1 aromatic carbocycles. The first-order valence-electron chi connectivity index (χ1n) is 21.6. The van der Waals surface area contributed by atoms with Crippen LogP contribution in [0.25, 0.3) is 0 Å². The summed E-state index contributed by atoms with van der Waals surface area (Å²) >= 11 is 0. The van der Waals surface area contributed by atoms with Gasteiger partial charge in [0.1, 0.15) is 60.6 Å². The number of phenols is 1. The van der Waals surface area contributed by atoms with Gasteiger partial charge in [-0.05, 0) is 63.3 Å². The van der Waals surface area contributed by atoms with Crippen LogP contribution in [-0.4, -0.2) is 183 Å². The van der Waals surface area contributed by atoms with Gasteiger partial charge in [-0.15, -0.1) is 0 Å². The zero-order chi connectivity index (χ0) is 52.5. The molecule has 28 nitrogen and oxygen atoms in total. The molecule has 69 heavy (non-hydrogen) atoms. The van der Waals surface area contributed by atoms with Crippen LogP contribution in [0.2, 0.25) is 0 Å². The van der Waals surface area contributed by atoms with Crippen molar-refractivity contribution in [1.82, 2.24) is 47.9 Å². The van der Waals surface area contributed by atoms with E-state index in [0.717, 1.165) is 6.92 Å². The van der Waals surface area contributed by atoms with Crippen molar-refractivity contribution >= 4 is 65.1 Å². The number of rotatable bonds is 31. The predicted molar refractivity (Wildman–Crippen MR) is 238 cm³/mol. The SMILES string of the molecule is CC(C)[C@H](NC(=O)[C@H](CO)NC(=O)[C@H](CC(=O)O)NC(=O)[C@H](C)NC(=O)[C@H](Cc1ccc(O)cc1)NC(=O)CNC(=O)[C@H](CO)NC(=O)[C@@H](N)[C@@H](C)O)C(=O)N[C@@H](CCCCN)C(=O)NCC(=O)O. The van der Waals surface area contributed by atoms with Crippen LogP contribution in [0.4, 0.5) is 0 Å². The number of aliphatic hydroxyl groups excluding tert-OH is 3. The van der Waals surface area contributed by atoms with E-state index in [1.807, 2.05) is 0 Å². The minimum Gasteiger partial charge on any atom is -0.508 e. The molecule has 0 aromatic heterocycles. The third kappa shape index (κ3) is 22.1. The van der Waals surface area contributed by atoms with Crippen molar-refractivity contribution in [2.24, 2.45) is 17.4 Å². The predicted octanol–water partition coefficient (Wildman–Crippen LogP) is -7.38. The lowest BCUT2D eigenvalue weighted by atomic mass is 10.0. The van der Waals surface area contributed by atoms with Gasteiger partial charge in [0.2, 0.25) is 53.2 Å². The molecule has 28 heteroatoms. The minimum absolute atomic E-state index is 0.0563. The summed E-state index contributed by atoms with van der Waals surface area (Å²) in [6.45, 7) is 2.09. The summed E-state index contributed by atoms with van der Waals surface area (Å²) in [5, 5.41) is 77.6. The molecular formula is C41H65N11O17. The highest BCUT2D eigenvalue weighted by Gasteiger charge is 2.35. The molecule has 19 N–H and O–H groups in total. The number of carboxylic acids is 2. The highest BCUT2D eigenvalue weighted by atomic mass is 16.4. The van der Waals surface area contributed by atoms with Crippen molar-refractivity contribution < 1.29 is 83.4 Å². The number of carbonyl (C=O) groups excluding carboxylic acids is 9. The van der Waals surface area contributed by atoms with E-state index in [2.05, 4.69) is 47.9 Å². The highest BCUT2D eigenvalue weighted by molar-refractivity contribution is 5.98. The van der Waals surface area contributed by atoms with Crippen LogP contribution < -0.4 is 59.3 Å². The van der Waals surface area contributed by atoms with E-state index in [-0.39, 0.29) is 25.1 Å². The van der Waals surface area contributed by atoms with Crippen molar-refractivity contribution in [3.63, 3.8) is 0 Å². The highest BCUT2D eigenvalue weighted by Crippen LogP contribution is 2.12. The average molecular weight is 984 g/mol. The van der Waals surface area contributed by atoms with E-state index in [1.165, 1.54) is 45.0 Å². The zero-order valence-electron chi connectivity index (χ0n) is 38.5. The number of phenolic OH excluding ortho intramolecular Hbond substituents is 1. The maximum Gasteiger partial charge on any atom is 0.322 e. The molecule has 0 saturated heterocycles. The molecule has 0 unspecified atom stereocenters. The number of carbonyl (C=O) groups is 11. The average Bonchev–Trinajstić information content (AvgIpc) is 3.28. The first-order chi connectivity index (χ1) is 32.3. The summed E-state index contributed by atoms with van der Waals surface area (Å²) < 4.78 is 0. The quantitative estimate of drug-likeness (QED) is 0.0307. The Hall–Kier alpha value is -7.01. The molecule has 0 aliphatic rings. The largest absolute Gasteiger partial charge is 0.508 e. The smallest absolute Gasteiger partial charge is 0.322 e. The molecule has 0 aliphatic heterocycles. The van der Waals surface area contributed by atoms with Crippen LogP contribution in [0.5, 0.6) is 5.75 Å². The molecule has 0 bridgehead atoms.